The van der Waals surface area contributed by atoms with Gasteiger partial charge < -0.3 is 9.80 Å². The van der Waals surface area contributed by atoms with E-state index in [2.05, 4.69) is 43.0 Å². The van der Waals surface area contributed by atoms with Crippen LogP contribution in [0.3, 0.4) is 0 Å². The quantitative estimate of drug-likeness (QED) is 0.734. The van der Waals surface area contributed by atoms with Crippen LogP contribution in [0.5, 0.6) is 0 Å². The standard InChI is InChI=1S/C14H16N6S2/c1-2-10-7-11-12(15-8-16-13(11)22-10)19-3-5-20(6-4-19)14-18-17-9-21-14/h7-9H,2-6H2,1H3. The number of aryl methyl sites for hydroxylation is 1. The lowest BCUT2D eigenvalue weighted by Crippen LogP contribution is -2.46. The van der Waals surface area contributed by atoms with Crippen LogP contribution in [0.4, 0.5) is 10.9 Å². The number of hydrogen-bond acceptors (Lipinski definition) is 8. The second-order valence-electron chi connectivity index (χ2n) is 5.18. The first-order valence-electron chi connectivity index (χ1n) is 7.34. The Labute approximate surface area is 136 Å². The van der Waals surface area contributed by atoms with Crippen molar-refractivity contribution in [1.82, 2.24) is 20.2 Å². The molecule has 0 aliphatic carbocycles. The zero-order valence-electron chi connectivity index (χ0n) is 12.3. The van der Waals surface area contributed by atoms with E-state index in [1.54, 1.807) is 34.5 Å². The van der Waals surface area contributed by atoms with E-state index in [0.717, 1.165) is 48.4 Å². The van der Waals surface area contributed by atoms with Crippen LogP contribution in [0.1, 0.15) is 11.8 Å². The third-order valence-electron chi connectivity index (χ3n) is 3.91. The summed E-state index contributed by atoms with van der Waals surface area (Å²) in [5, 5.41) is 10.3. The van der Waals surface area contributed by atoms with E-state index in [-0.39, 0.29) is 0 Å². The Hall–Kier alpha value is -1.80. The van der Waals surface area contributed by atoms with Gasteiger partial charge in [0, 0.05) is 31.1 Å². The van der Waals surface area contributed by atoms with Crippen LogP contribution in [0, 0.1) is 0 Å². The van der Waals surface area contributed by atoms with Crippen molar-refractivity contribution in [2.24, 2.45) is 0 Å². The first-order valence-corrected chi connectivity index (χ1v) is 9.04. The Morgan fingerprint density at radius 1 is 1.14 bits per heavy atom. The summed E-state index contributed by atoms with van der Waals surface area (Å²) in [5.74, 6) is 1.07. The van der Waals surface area contributed by atoms with Gasteiger partial charge in [-0.3, -0.25) is 0 Å². The number of aromatic nitrogens is 4. The molecule has 0 N–H and O–H groups in total. The SMILES string of the molecule is CCc1cc2c(N3CCN(c4nncs4)CC3)ncnc2s1. The van der Waals surface area contributed by atoms with E-state index < -0.39 is 0 Å². The molecule has 0 bridgehead atoms. The number of thiophene rings is 1. The predicted molar refractivity (Wildman–Crippen MR) is 91.1 cm³/mol. The highest BCUT2D eigenvalue weighted by Crippen LogP contribution is 2.31. The second kappa shape index (κ2) is 5.77. The molecule has 0 unspecified atom stereocenters. The summed E-state index contributed by atoms with van der Waals surface area (Å²) in [6.45, 7) is 5.97. The van der Waals surface area contributed by atoms with Gasteiger partial charge >= 0.3 is 0 Å². The van der Waals surface area contributed by atoms with Gasteiger partial charge in [-0.05, 0) is 12.5 Å². The van der Waals surface area contributed by atoms with E-state index in [0.29, 0.717) is 0 Å². The molecule has 3 aromatic heterocycles. The van der Waals surface area contributed by atoms with Crippen molar-refractivity contribution in [3.8, 4) is 0 Å². The number of anilines is 2. The minimum absolute atomic E-state index is 0.947. The van der Waals surface area contributed by atoms with E-state index in [1.807, 2.05) is 0 Å². The topological polar surface area (TPSA) is 58.0 Å². The van der Waals surface area contributed by atoms with Crippen LogP contribution in [0.15, 0.2) is 17.9 Å². The zero-order chi connectivity index (χ0) is 14.9. The summed E-state index contributed by atoms with van der Waals surface area (Å²) in [5.41, 5.74) is 1.79. The first-order chi connectivity index (χ1) is 10.8. The van der Waals surface area contributed by atoms with Crippen molar-refractivity contribution in [1.29, 1.82) is 0 Å². The first kappa shape index (κ1) is 13.8. The minimum atomic E-state index is 0.947. The highest BCUT2D eigenvalue weighted by atomic mass is 32.1. The number of hydrogen-bond donors (Lipinski definition) is 0. The van der Waals surface area contributed by atoms with Crippen molar-refractivity contribution in [3.63, 3.8) is 0 Å². The number of fused-ring (bicyclic) bond motifs is 1. The van der Waals surface area contributed by atoms with Crippen molar-refractivity contribution < 1.29 is 0 Å². The van der Waals surface area contributed by atoms with Gasteiger partial charge in [0.15, 0.2) is 0 Å². The third-order valence-corrected chi connectivity index (χ3v) is 5.84. The fourth-order valence-electron chi connectivity index (χ4n) is 2.73. The van der Waals surface area contributed by atoms with E-state index in [1.165, 1.54) is 10.3 Å². The van der Waals surface area contributed by atoms with Crippen molar-refractivity contribution >= 4 is 43.8 Å². The van der Waals surface area contributed by atoms with Gasteiger partial charge in [-0.15, -0.1) is 21.5 Å². The van der Waals surface area contributed by atoms with Crippen LogP contribution in [-0.2, 0) is 6.42 Å². The van der Waals surface area contributed by atoms with Crippen LogP contribution in [0.2, 0.25) is 0 Å². The van der Waals surface area contributed by atoms with Gasteiger partial charge in [-0.1, -0.05) is 18.3 Å². The van der Waals surface area contributed by atoms with Crippen LogP contribution < -0.4 is 9.80 Å². The largest absolute Gasteiger partial charge is 0.352 e. The summed E-state index contributed by atoms with van der Waals surface area (Å²) >= 11 is 3.37. The molecule has 1 fully saturated rings. The molecule has 0 aromatic carbocycles. The molecule has 0 saturated carbocycles. The molecule has 0 radical (unpaired) electrons. The molecule has 4 rings (SSSR count). The molecule has 8 heteroatoms. The summed E-state index contributed by atoms with van der Waals surface area (Å²) in [6, 6.07) is 2.24. The van der Waals surface area contributed by atoms with Gasteiger partial charge in [0.05, 0.1) is 5.39 Å². The lowest BCUT2D eigenvalue weighted by atomic mass is 10.2. The maximum atomic E-state index is 4.54. The number of nitrogens with zero attached hydrogens (tertiary/aromatic N) is 6. The Balaban J connectivity index is 1.57. The molecule has 22 heavy (non-hydrogen) atoms. The maximum Gasteiger partial charge on any atom is 0.208 e. The van der Waals surface area contributed by atoms with Gasteiger partial charge in [-0.2, -0.15) is 0 Å². The Bertz CT molecular complexity index is 761. The summed E-state index contributed by atoms with van der Waals surface area (Å²) in [4.78, 5) is 16.1. The lowest BCUT2D eigenvalue weighted by molar-refractivity contribution is 0.645. The molecule has 0 spiro atoms. The molecule has 0 atom stereocenters. The minimum Gasteiger partial charge on any atom is -0.352 e. The summed E-state index contributed by atoms with van der Waals surface area (Å²) < 4.78 is 0. The Kier molecular flexibility index (Phi) is 3.63. The molecule has 1 aliphatic heterocycles. The monoisotopic (exact) mass is 332 g/mol. The highest BCUT2D eigenvalue weighted by Gasteiger charge is 2.22. The van der Waals surface area contributed by atoms with Gasteiger partial charge in [-0.25, -0.2) is 9.97 Å². The van der Waals surface area contributed by atoms with Gasteiger partial charge in [0.2, 0.25) is 5.13 Å². The Morgan fingerprint density at radius 2 is 1.95 bits per heavy atom. The lowest BCUT2D eigenvalue weighted by Gasteiger charge is -2.35. The fourth-order valence-corrected chi connectivity index (χ4v) is 4.28. The smallest absolute Gasteiger partial charge is 0.208 e. The highest BCUT2D eigenvalue weighted by molar-refractivity contribution is 7.18. The predicted octanol–water partition coefficient (Wildman–Crippen LogP) is 2.43. The average molecular weight is 332 g/mol. The number of rotatable bonds is 3. The molecule has 1 aliphatic rings. The molecule has 1 saturated heterocycles. The second-order valence-corrected chi connectivity index (χ2v) is 7.10. The zero-order valence-corrected chi connectivity index (χ0v) is 13.9. The average Bonchev–Trinajstić information content (AvgIpc) is 3.23. The van der Waals surface area contributed by atoms with Crippen molar-refractivity contribution in [2.45, 2.75) is 13.3 Å². The van der Waals surface area contributed by atoms with Crippen molar-refractivity contribution in [2.75, 3.05) is 36.0 Å². The van der Waals surface area contributed by atoms with Crippen LogP contribution in [0.25, 0.3) is 10.2 Å². The molecule has 0 amide bonds. The molecular formula is C14H16N6S2. The van der Waals surface area contributed by atoms with Gasteiger partial charge in [0.25, 0.3) is 0 Å². The van der Waals surface area contributed by atoms with E-state index >= 15 is 0 Å². The third kappa shape index (κ3) is 2.42. The normalized spacial score (nSPS) is 15.7. The Morgan fingerprint density at radius 3 is 2.68 bits per heavy atom. The number of piperazine rings is 1. The fraction of sp³-hybridized carbons (Fsp3) is 0.429. The molecule has 114 valence electrons. The van der Waals surface area contributed by atoms with Crippen LogP contribution in [-0.4, -0.2) is 46.3 Å². The molecule has 3 aromatic rings. The summed E-state index contributed by atoms with van der Waals surface area (Å²) in [6.07, 6.45) is 2.73. The van der Waals surface area contributed by atoms with Crippen LogP contribution >= 0.6 is 22.7 Å². The van der Waals surface area contributed by atoms with E-state index in [9.17, 15) is 0 Å². The molecule has 6 nitrogen and oxygen atoms in total. The van der Waals surface area contributed by atoms with E-state index in [4.69, 9.17) is 0 Å². The van der Waals surface area contributed by atoms with Gasteiger partial charge in [0.1, 0.15) is 22.5 Å². The maximum absolute atomic E-state index is 4.54. The molecular weight excluding hydrogens is 316 g/mol. The van der Waals surface area contributed by atoms with Crippen molar-refractivity contribution in [3.05, 3.63) is 22.8 Å². The summed E-state index contributed by atoms with van der Waals surface area (Å²) in [7, 11) is 0. The molecule has 4 heterocycles.